The summed E-state index contributed by atoms with van der Waals surface area (Å²) >= 11 is 1.75. The Morgan fingerprint density at radius 1 is 1.55 bits per heavy atom. The molecule has 0 aromatic carbocycles. The molecule has 1 N–H and O–H groups in total. The number of urea groups is 1. The van der Waals surface area contributed by atoms with Crippen LogP contribution in [0.4, 0.5) is 4.79 Å². The van der Waals surface area contributed by atoms with Crippen LogP contribution in [-0.2, 0) is 22.4 Å². The highest BCUT2D eigenvalue weighted by Crippen LogP contribution is 2.16. The average Bonchev–Trinajstić information content (AvgIpc) is 2.93. The third-order valence-electron chi connectivity index (χ3n) is 3.26. The molecule has 20 heavy (non-hydrogen) atoms. The maximum Gasteiger partial charge on any atom is 0.317 e. The van der Waals surface area contributed by atoms with Crippen LogP contribution in [0.1, 0.15) is 16.7 Å². The van der Waals surface area contributed by atoms with Crippen LogP contribution in [0.5, 0.6) is 0 Å². The second-order valence-electron chi connectivity index (χ2n) is 4.77. The summed E-state index contributed by atoms with van der Waals surface area (Å²) in [7, 11) is 1.64. The van der Waals surface area contributed by atoms with Gasteiger partial charge in [0.25, 0.3) is 0 Å². The van der Waals surface area contributed by atoms with Gasteiger partial charge in [-0.2, -0.15) is 0 Å². The maximum atomic E-state index is 12.1. The van der Waals surface area contributed by atoms with Crippen LogP contribution in [0.3, 0.4) is 0 Å². The molecular formula is C14H22N2O3S. The van der Waals surface area contributed by atoms with E-state index < -0.39 is 0 Å². The first-order valence-electron chi connectivity index (χ1n) is 6.93. The molecule has 0 spiro atoms. The van der Waals surface area contributed by atoms with E-state index in [-0.39, 0.29) is 12.1 Å². The summed E-state index contributed by atoms with van der Waals surface area (Å²) in [4.78, 5) is 16.5. The molecule has 1 aliphatic rings. The second-order valence-corrected chi connectivity index (χ2v) is 6.03. The highest BCUT2D eigenvalue weighted by Gasteiger charge is 2.23. The minimum Gasteiger partial charge on any atom is -0.382 e. The van der Waals surface area contributed by atoms with Gasteiger partial charge < -0.3 is 19.7 Å². The number of ether oxygens (including phenoxy) is 2. The zero-order valence-corrected chi connectivity index (χ0v) is 12.9. The van der Waals surface area contributed by atoms with Crippen molar-refractivity contribution >= 4 is 17.4 Å². The number of nitrogens with one attached hydrogen (secondary N) is 1. The third kappa shape index (κ3) is 4.19. The Kier molecular flexibility index (Phi) is 5.82. The fraction of sp³-hybridized carbons (Fsp3) is 0.643. The van der Waals surface area contributed by atoms with Gasteiger partial charge in [-0.25, -0.2) is 4.79 Å². The number of morpholine rings is 1. The molecule has 2 amide bonds. The van der Waals surface area contributed by atoms with Crippen molar-refractivity contribution in [3.05, 3.63) is 21.9 Å². The van der Waals surface area contributed by atoms with Gasteiger partial charge in [0.05, 0.1) is 32.4 Å². The van der Waals surface area contributed by atoms with Crippen LogP contribution in [0.2, 0.25) is 0 Å². The van der Waals surface area contributed by atoms with Gasteiger partial charge in [-0.3, -0.25) is 0 Å². The van der Waals surface area contributed by atoms with Gasteiger partial charge in [0.2, 0.25) is 0 Å². The summed E-state index contributed by atoms with van der Waals surface area (Å²) in [5.74, 6) is 0. The molecular weight excluding hydrogens is 276 g/mol. The van der Waals surface area contributed by atoms with E-state index >= 15 is 0 Å². The number of thiophene rings is 1. The topological polar surface area (TPSA) is 50.8 Å². The zero-order valence-electron chi connectivity index (χ0n) is 12.1. The van der Waals surface area contributed by atoms with E-state index in [9.17, 15) is 4.79 Å². The Morgan fingerprint density at radius 2 is 2.35 bits per heavy atom. The monoisotopic (exact) mass is 298 g/mol. The SMILES string of the molecule is CCc1ccc(CNC(=O)N2CCO[C@@H](COC)C2)s1. The molecule has 6 heteroatoms. The van der Waals surface area contributed by atoms with E-state index in [1.54, 1.807) is 23.3 Å². The van der Waals surface area contributed by atoms with Crippen molar-refractivity contribution in [1.82, 2.24) is 10.2 Å². The van der Waals surface area contributed by atoms with E-state index in [4.69, 9.17) is 9.47 Å². The summed E-state index contributed by atoms with van der Waals surface area (Å²) in [6.45, 7) is 5.05. The van der Waals surface area contributed by atoms with Crippen molar-refractivity contribution in [2.24, 2.45) is 0 Å². The van der Waals surface area contributed by atoms with Crippen LogP contribution in [-0.4, -0.2) is 50.4 Å². The summed E-state index contributed by atoms with van der Waals surface area (Å²) in [5, 5.41) is 2.97. The highest BCUT2D eigenvalue weighted by atomic mass is 32.1. The first-order valence-corrected chi connectivity index (χ1v) is 7.75. The molecule has 2 rings (SSSR count). The van der Waals surface area contributed by atoms with E-state index in [0.717, 1.165) is 6.42 Å². The summed E-state index contributed by atoms with van der Waals surface area (Å²) in [6, 6.07) is 4.17. The first-order chi connectivity index (χ1) is 9.72. The van der Waals surface area contributed by atoms with Gasteiger partial charge in [0, 0.05) is 23.4 Å². The minimum atomic E-state index is -0.0270. The quantitative estimate of drug-likeness (QED) is 0.903. The second kappa shape index (κ2) is 7.61. The Labute approximate surface area is 123 Å². The lowest BCUT2D eigenvalue weighted by molar-refractivity contribution is -0.0494. The lowest BCUT2D eigenvalue weighted by Gasteiger charge is -2.32. The molecule has 0 aliphatic carbocycles. The maximum absolute atomic E-state index is 12.1. The number of methoxy groups -OCH3 is 1. The smallest absolute Gasteiger partial charge is 0.317 e. The molecule has 0 unspecified atom stereocenters. The lowest BCUT2D eigenvalue weighted by Crippen LogP contribution is -2.50. The zero-order chi connectivity index (χ0) is 14.4. The number of amides is 2. The molecule has 1 aliphatic heterocycles. The number of aryl methyl sites for hydroxylation is 1. The van der Waals surface area contributed by atoms with Crippen molar-refractivity contribution < 1.29 is 14.3 Å². The van der Waals surface area contributed by atoms with Gasteiger partial charge in [-0.15, -0.1) is 11.3 Å². The molecule has 5 nitrogen and oxygen atoms in total. The van der Waals surface area contributed by atoms with Gasteiger partial charge in [-0.05, 0) is 18.6 Å². The van der Waals surface area contributed by atoms with Gasteiger partial charge in [-0.1, -0.05) is 6.92 Å². The van der Waals surface area contributed by atoms with Crippen molar-refractivity contribution in [3.63, 3.8) is 0 Å². The summed E-state index contributed by atoms with van der Waals surface area (Å²) in [6.07, 6.45) is 1.02. The van der Waals surface area contributed by atoms with E-state index in [0.29, 0.717) is 32.8 Å². The van der Waals surface area contributed by atoms with E-state index in [2.05, 4.69) is 24.4 Å². The molecule has 0 saturated carbocycles. The molecule has 1 aromatic rings. The average molecular weight is 298 g/mol. The van der Waals surface area contributed by atoms with E-state index in [1.165, 1.54) is 9.75 Å². The Morgan fingerprint density at radius 3 is 3.05 bits per heavy atom. The van der Waals surface area contributed by atoms with Gasteiger partial charge in [0.1, 0.15) is 0 Å². The number of carbonyl (C=O) groups is 1. The fourth-order valence-electron chi connectivity index (χ4n) is 2.17. The molecule has 2 heterocycles. The molecule has 1 atom stereocenters. The van der Waals surface area contributed by atoms with Crippen LogP contribution in [0.25, 0.3) is 0 Å². The Balaban J connectivity index is 1.79. The molecule has 112 valence electrons. The number of hydrogen-bond donors (Lipinski definition) is 1. The normalized spacial score (nSPS) is 19.1. The van der Waals surface area contributed by atoms with E-state index in [1.807, 2.05) is 0 Å². The Hall–Kier alpha value is -1.11. The number of carbonyl (C=O) groups excluding carboxylic acids is 1. The van der Waals surface area contributed by atoms with Crippen molar-refractivity contribution in [2.75, 3.05) is 33.4 Å². The molecule has 1 aromatic heterocycles. The molecule has 0 bridgehead atoms. The molecule has 0 radical (unpaired) electrons. The number of nitrogens with zero attached hydrogens (tertiary/aromatic N) is 1. The predicted octanol–water partition coefficient (Wildman–Crippen LogP) is 1.87. The van der Waals surface area contributed by atoms with Crippen LogP contribution in [0.15, 0.2) is 12.1 Å². The largest absolute Gasteiger partial charge is 0.382 e. The van der Waals surface area contributed by atoms with Crippen LogP contribution in [0, 0.1) is 0 Å². The van der Waals surface area contributed by atoms with Crippen molar-refractivity contribution in [2.45, 2.75) is 26.0 Å². The van der Waals surface area contributed by atoms with Crippen molar-refractivity contribution in [1.29, 1.82) is 0 Å². The van der Waals surface area contributed by atoms with Gasteiger partial charge in [0.15, 0.2) is 0 Å². The van der Waals surface area contributed by atoms with Crippen LogP contribution < -0.4 is 5.32 Å². The standard InChI is InChI=1S/C14H22N2O3S/c1-3-12-4-5-13(20-12)8-15-14(17)16-6-7-19-11(9-16)10-18-2/h4-5,11H,3,6-10H2,1-2H3,(H,15,17)/t11-/m1/s1. The fourth-order valence-corrected chi connectivity index (χ4v) is 3.07. The number of rotatable bonds is 5. The third-order valence-corrected chi connectivity index (χ3v) is 4.49. The number of hydrogen-bond acceptors (Lipinski definition) is 4. The van der Waals surface area contributed by atoms with Crippen LogP contribution >= 0.6 is 11.3 Å². The highest BCUT2D eigenvalue weighted by molar-refractivity contribution is 7.11. The Bertz CT molecular complexity index is 434. The summed E-state index contributed by atoms with van der Waals surface area (Å²) in [5.41, 5.74) is 0. The first kappa shape index (κ1) is 15.3. The van der Waals surface area contributed by atoms with Gasteiger partial charge >= 0.3 is 6.03 Å². The molecule has 1 saturated heterocycles. The minimum absolute atomic E-state index is 0.0204. The summed E-state index contributed by atoms with van der Waals surface area (Å²) < 4.78 is 10.6. The predicted molar refractivity (Wildman–Crippen MR) is 79.1 cm³/mol. The lowest BCUT2D eigenvalue weighted by atomic mass is 10.3. The molecule has 1 fully saturated rings. The van der Waals surface area contributed by atoms with Crippen molar-refractivity contribution in [3.8, 4) is 0 Å².